The first-order chi connectivity index (χ1) is 8.75. The number of anilines is 1. The smallest absolute Gasteiger partial charge is 0.230 e. The third-order valence-corrected chi connectivity index (χ3v) is 3.77. The summed E-state index contributed by atoms with van der Waals surface area (Å²) in [6.07, 6.45) is 0.594. The SMILES string of the molecule is O=C1C[C@@H](c2ccc(Br)cc2)N1c1ccccc1. The zero-order chi connectivity index (χ0) is 12.5. The molecule has 1 aliphatic heterocycles. The van der Waals surface area contributed by atoms with E-state index in [1.54, 1.807) is 0 Å². The van der Waals surface area contributed by atoms with Crippen LogP contribution in [0, 0.1) is 0 Å². The quantitative estimate of drug-likeness (QED) is 0.770. The Hall–Kier alpha value is -1.61. The summed E-state index contributed by atoms with van der Waals surface area (Å²) in [4.78, 5) is 13.7. The van der Waals surface area contributed by atoms with Crippen LogP contribution in [0.2, 0.25) is 0 Å². The normalized spacial score (nSPS) is 18.6. The summed E-state index contributed by atoms with van der Waals surface area (Å²) < 4.78 is 1.06. The zero-order valence-corrected chi connectivity index (χ0v) is 11.3. The molecule has 1 saturated heterocycles. The molecule has 0 aliphatic carbocycles. The highest BCUT2D eigenvalue weighted by Crippen LogP contribution is 2.38. The Morgan fingerprint density at radius 3 is 2.28 bits per heavy atom. The van der Waals surface area contributed by atoms with E-state index in [9.17, 15) is 4.79 Å². The molecule has 3 rings (SSSR count). The number of rotatable bonds is 2. The molecule has 90 valence electrons. The number of hydrogen-bond donors (Lipinski definition) is 0. The fourth-order valence-corrected chi connectivity index (χ4v) is 2.55. The third kappa shape index (κ3) is 1.95. The van der Waals surface area contributed by atoms with Crippen molar-refractivity contribution in [1.29, 1.82) is 0 Å². The Morgan fingerprint density at radius 2 is 1.67 bits per heavy atom. The van der Waals surface area contributed by atoms with Crippen molar-refractivity contribution in [3.63, 3.8) is 0 Å². The maximum absolute atomic E-state index is 11.8. The molecule has 0 radical (unpaired) electrons. The summed E-state index contributed by atoms with van der Waals surface area (Å²) in [7, 11) is 0. The lowest BCUT2D eigenvalue weighted by Crippen LogP contribution is -2.46. The minimum Gasteiger partial charge on any atom is -0.304 e. The average Bonchev–Trinajstić information content (AvgIpc) is 2.38. The van der Waals surface area contributed by atoms with Crippen LogP contribution < -0.4 is 4.90 Å². The largest absolute Gasteiger partial charge is 0.304 e. The summed E-state index contributed by atoms with van der Waals surface area (Å²) in [5, 5.41) is 0. The summed E-state index contributed by atoms with van der Waals surface area (Å²) in [6.45, 7) is 0. The molecule has 0 N–H and O–H groups in total. The molecule has 2 aromatic rings. The first-order valence-corrected chi connectivity index (χ1v) is 6.67. The number of carbonyl (C=O) groups excluding carboxylic acids is 1. The lowest BCUT2D eigenvalue weighted by molar-refractivity contribution is -0.124. The van der Waals surface area contributed by atoms with Crippen molar-refractivity contribution in [2.45, 2.75) is 12.5 Å². The standard InChI is InChI=1S/C15H12BrNO/c16-12-8-6-11(7-9-12)14-10-15(18)17(14)13-4-2-1-3-5-13/h1-9,14H,10H2/t14-/m0/s1. The molecule has 0 aromatic heterocycles. The van der Waals surface area contributed by atoms with Crippen LogP contribution in [0.4, 0.5) is 5.69 Å². The predicted molar refractivity (Wildman–Crippen MR) is 75.4 cm³/mol. The Labute approximate surface area is 114 Å². The number of benzene rings is 2. The average molecular weight is 302 g/mol. The van der Waals surface area contributed by atoms with E-state index in [2.05, 4.69) is 28.1 Å². The minimum atomic E-state index is 0.174. The number of β-lactam (4-membered cyclic amide) rings is 1. The van der Waals surface area contributed by atoms with Gasteiger partial charge in [0.2, 0.25) is 5.91 Å². The van der Waals surface area contributed by atoms with Crippen LogP contribution in [0.5, 0.6) is 0 Å². The zero-order valence-electron chi connectivity index (χ0n) is 9.71. The van der Waals surface area contributed by atoms with E-state index in [-0.39, 0.29) is 11.9 Å². The van der Waals surface area contributed by atoms with Gasteiger partial charge in [-0.05, 0) is 29.8 Å². The summed E-state index contributed by atoms with van der Waals surface area (Å²) >= 11 is 3.43. The van der Waals surface area contributed by atoms with Gasteiger partial charge in [-0.3, -0.25) is 4.79 Å². The fourth-order valence-electron chi connectivity index (χ4n) is 2.28. The van der Waals surface area contributed by atoms with E-state index in [0.29, 0.717) is 6.42 Å². The van der Waals surface area contributed by atoms with Gasteiger partial charge < -0.3 is 4.90 Å². The molecular formula is C15H12BrNO. The molecule has 1 atom stereocenters. The molecule has 2 aromatic carbocycles. The van der Waals surface area contributed by atoms with Crippen LogP contribution in [-0.2, 0) is 4.79 Å². The predicted octanol–water partition coefficient (Wildman–Crippen LogP) is 3.93. The van der Waals surface area contributed by atoms with Gasteiger partial charge in [0, 0.05) is 10.2 Å². The van der Waals surface area contributed by atoms with Gasteiger partial charge in [0.15, 0.2) is 0 Å². The first-order valence-electron chi connectivity index (χ1n) is 5.88. The molecule has 0 unspecified atom stereocenters. The topological polar surface area (TPSA) is 20.3 Å². The van der Waals surface area contributed by atoms with Gasteiger partial charge in [0.1, 0.15) is 0 Å². The molecule has 2 nitrogen and oxygen atoms in total. The van der Waals surface area contributed by atoms with Crippen molar-refractivity contribution in [2.75, 3.05) is 4.90 Å². The van der Waals surface area contributed by atoms with Crippen LogP contribution in [0.3, 0.4) is 0 Å². The van der Waals surface area contributed by atoms with Gasteiger partial charge in [-0.25, -0.2) is 0 Å². The van der Waals surface area contributed by atoms with Crippen LogP contribution >= 0.6 is 15.9 Å². The molecule has 0 bridgehead atoms. The van der Waals surface area contributed by atoms with Crippen LogP contribution in [0.1, 0.15) is 18.0 Å². The van der Waals surface area contributed by atoms with Crippen molar-refractivity contribution in [2.24, 2.45) is 0 Å². The minimum absolute atomic E-state index is 0.174. The summed E-state index contributed by atoms with van der Waals surface area (Å²) in [6, 6.07) is 18.2. The van der Waals surface area contributed by atoms with Crippen molar-refractivity contribution >= 4 is 27.5 Å². The van der Waals surface area contributed by atoms with Crippen LogP contribution in [0.15, 0.2) is 59.1 Å². The third-order valence-electron chi connectivity index (χ3n) is 3.24. The van der Waals surface area contributed by atoms with Crippen LogP contribution in [-0.4, -0.2) is 5.91 Å². The molecule has 0 spiro atoms. The highest BCUT2D eigenvalue weighted by atomic mass is 79.9. The number of carbonyl (C=O) groups is 1. The molecule has 18 heavy (non-hydrogen) atoms. The van der Waals surface area contributed by atoms with Gasteiger partial charge in [-0.15, -0.1) is 0 Å². The van der Waals surface area contributed by atoms with Gasteiger partial charge in [-0.1, -0.05) is 46.3 Å². The van der Waals surface area contributed by atoms with E-state index in [4.69, 9.17) is 0 Å². The van der Waals surface area contributed by atoms with Crippen LogP contribution in [0.25, 0.3) is 0 Å². The number of hydrogen-bond acceptors (Lipinski definition) is 1. The highest BCUT2D eigenvalue weighted by Gasteiger charge is 2.37. The van der Waals surface area contributed by atoms with Crippen molar-refractivity contribution in [1.82, 2.24) is 0 Å². The number of para-hydroxylation sites is 1. The molecule has 1 aliphatic rings. The van der Waals surface area contributed by atoms with Crippen molar-refractivity contribution < 1.29 is 4.79 Å². The van der Waals surface area contributed by atoms with Gasteiger partial charge in [-0.2, -0.15) is 0 Å². The molecular weight excluding hydrogens is 290 g/mol. The van der Waals surface area contributed by atoms with E-state index >= 15 is 0 Å². The number of halogens is 1. The van der Waals surface area contributed by atoms with Crippen molar-refractivity contribution in [3.05, 3.63) is 64.6 Å². The molecule has 1 heterocycles. The monoisotopic (exact) mass is 301 g/mol. The second-order valence-corrected chi connectivity index (χ2v) is 5.29. The van der Waals surface area contributed by atoms with Crippen molar-refractivity contribution in [3.8, 4) is 0 Å². The van der Waals surface area contributed by atoms with E-state index in [0.717, 1.165) is 10.2 Å². The highest BCUT2D eigenvalue weighted by molar-refractivity contribution is 9.10. The maximum atomic E-state index is 11.8. The lowest BCUT2D eigenvalue weighted by atomic mass is 9.93. The molecule has 1 fully saturated rings. The summed E-state index contributed by atoms with van der Waals surface area (Å²) in [5.41, 5.74) is 2.16. The molecule has 1 amide bonds. The second-order valence-electron chi connectivity index (χ2n) is 4.37. The van der Waals surface area contributed by atoms with E-state index in [1.807, 2.05) is 47.4 Å². The van der Waals surface area contributed by atoms with Gasteiger partial charge >= 0.3 is 0 Å². The Bertz CT molecular complexity index is 565. The summed E-state index contributed by atoms with van der Waals surface area (Å²) in [5.74, 6) is 0.189. The maximum Gasteiger partial charge on any atom is 0.230 e. The number of amides is 1. The van der Waals surface area contributed by atoms with Gasteiger partial charge in [0.05, 0.1) is 12.5 Å². The van der Waals surface area contributed by atoms with Gasteiger partial charge in [0.25, 0.3) is 0 Å². The first kappa shape index (κ1) is 11.5. The Balaban J connectivity index is 1.90. The number of nitrogens with zero attached hydrogens (tertiary/aromatic N) is 1. The lowest BCUT2D eigenvalue weighted by Gasteiger charge is -2.40. The Morgan fingerprint density at radius 1 is 1.00 bits per heavy atom. The van der Waals surface area contributed by atoms with E-state index < -0.39 is 0 Å². The second kappa shape index (κ2) is 4.58. The molecule has 0 saturated carbocycles. The van der Waals surface area contributed by atoms with E-state index in [1.165, 1.54) is 5.56 Å². The molecule has 3 heteroatoms. The fraction of sp³-hybridized carbons (Fsp3) is 0.133. The Kier molecular flexibility index (Phi) is 2.92.